The van der Waals surface area contributed by atoms with Gasteiger partial charge in [-0.15, -0.1) is 0 Å². The van der Waals surface area contributed by atoms with Crippen LogP contribution in [-0.2, 0) is 4.79 Å². The fourth-order valence-electron chi connectivity index (χ4n) is 3.50. The molecule has 0 aromatic heterocycles. The Bertz CT molecular complexity index is 822. The summed E-state index contributed by atoms with van der Waals surface area (Å²) in [5, 5.41) is 2.87. The molecule has 2 saturated heterocycles. The maximum absolute atomic E-state index is 13.0. The molecule has 0 aliphatic carbocycles. The lowest BCUT2D eigenvalue weighted by Crippen LogP contribution is -2.65. The van der Waals surface area contributed by atoms with Gasteiger partial charge in [-0.1, -0.05) is 36.4 Å². The predicted octanol–water partition coefficient (Wildman–Crippen LogP) is 2.03. The number of carbonyl (C=O) groups excluding carboxylic acids is 3. The SMILES string of the molecule is O=C1N[C@H]2CCN(C(=O)c3ccccc3)[C@@H]2C(=O)N1c1ccccc1. The van der Waals surface area contributed by atoms with Crippen LogP contribution in [0, 0.1) is 0 Å². The van der Waals surface area contributed by atoms with E-state index in [9.17, 15) is 14.4 Å². The quantitative estimate of drug-likeness (QED) is 0.913. The number of hydrogen-bond acceptors (Lipinski definition) is 3. The van der Waals surface area contributed by atoms with Crippen molar-refractivity contribution in [2.75, 3.05) is 11.4 Å². The molecular formula is C19H17N3O3. The first-order chi connectivity index (χ1) is 12.2. The number of nitrogens with one attached hydrogen (secondary N) is 1. The van der Waals surface area contributed by atoms with Gasteiger partial charge >= 0.3 is 6.03 Å². The molecule has 2 aliphatic heterocycles. The Kier molecular flexibility index (Phi) is 3.72. The van der Waals surface area contributed by atoms with Crippen LogP contribution in [0.1, 0.15) is 16.8 Å². The molecule has 25 heavy (non-hydrogen) atoms. The number of likely N-dealkylation sites (tertiary alicyclic amines) is 1. The Morgan fingerprint density at radius 1 is 0.960 bits per heavy atom. The van der Waals surface area contributed by atoms with Gasteiger partial charge in [-0.25, -0.2) is 9.69 Å². The molecule has 0 radical (unpaired) electrons. The van der Waals surface area contributed by atoms with Crippen LogP contribution in [0.5, 0.6) is 0 Å². The Balaban J connectivity index is 1.66. The Labute approximate surface area is 145 Å². The number of imide groups is 1. The summed E-state index contributed by atoms with van der Waals surface area (Å²) in [5.41, 5.74) is 1.04. The zero-order valence-corrected chi connectivity index (χ0v) is 13.5. The number of hydrogen-bond donors (Lipinski definition) is 1. The Morgan fingerprint density at radius 3 is 2.28 bits per heavy atom. The molecule has 2 aliphatic rings. The van der Waals surface area contributed by atoms with Crippen molar-refractivity contribution in [1.82, 2.24) is 10.2 Å². The Hall–Kier alpha value is -3.15. The average Bonchev–Trinajstić information content (AvgIpc) is 3.06. The van der Waals surface area contributed by atoms with E-state index in [0.29, 0.717) is 24.2 Å². The van der Waals surface area contributed by atoms with Crippen LogP contribution < -0.4 is 10.2 Å². The van der Waals surface area contributed by atoms with Crippen molar-refractivity contribution in [1.29, 1.82) is 0 Å². The van der Waals surface area contributed by atoms with Crippen molar-refractivity contribution in [3.05, 3.63) is 66.2 Å². The normalized spacial score (nSPS) is 22.6. The lowest BCUT2D eigenvalue weighted by molar-refractivity contribution is -0.122. The molecule has 0 unspecified atom stereocenters. The van der Waals surface area contributed by atoms with E-state index in [1.165, 1.54) is 0 Å². The monoisotopic (exact) mass is 335 g/mol. The van der Waals surface area contributed by atoms with Gasteiger partial charge < -0.3 is 10.2 Å². The minimum absolute atomic E-state index is 0.189. The maximum Gasteiger partial charge on any atom is 0.329 e. The highest BCUT2D eigenvalue weighted by Gasteiger charge is 2.49. The van der Waals surface area contributed by atoms with Gasteiger partial charge in [0.1, 0.15) is 6.04 Å². The van der Waals surface area contributed by atoms with E-state index < -0.39 is 12.1 Å². The summed E-state index contributed by atoms with van der Waals surface area (Å²) in [5.74, 6) is -0.549. The zero-order valence-electron chi connectivity index (χ0n) is 13.5. The van der Waals surface area contributed by atoms with E-state index in [4.69, 9.17) is 0 Å². The average molecular weight is 335 g/mol. The van der Waals surface area contributed by atoms with Gasteiger partial charge in [-0.3, -0.25) is 9.59 Å². The van der Waals surface area contributed by atoms with Crippen LogP contribution in [0.3, 0.4) is 0 Å². The van der Waals surface area contributed by atoms with Gasteiger partial charge in [0.2, 0.25) is 0 Å². The molecule has 2 atom stereocenters. The van der Waals surface area contributed by atoms with E-state index in [2.05, 4.69) is 5.32 Å². The third-order valence-corrected chi connectivity index (χ3v) is 4.68. The summed E-state index contributed by atoms with van der Waals surface area (Å²) in [6.45, 7) is 0.442. The molecule has 126 valence electrons. The minimum Gasteiger partial charge on any atom is -0.332 e. The first kappa shape index (κ1) is 15.4. The molecule has 2 aromatic carbocycles. The number of carbonyl (C=O) groups is 3. The fraction of sp³-hybridized carbons (Fsp3) is 0.211. The van der Waals surface area contributed by atoms with Gasteiger partial charge in [0.25, 0.3) is 11.8 Å². The molecule has 2 fully saturated rings. The summed E-state index contributed by atoms with van der Waals surface area (Å²) in [6.07, 6.45) is 0.573. The van der Waals surface area contributed by atoms with Crippen molar-refractivity contribution < 1.29 is 14.4 Å². The van der Waals surface area contributed by atoms with Crippen LogP contribution >= 0.6 is 0 Å². The number of rotatable bonds is 2. The lowest BCUT2D eigenvalue weighted by Gasteiger charge is -2.36. The zero-order chi connectivity index (χ0) is 17.4. The molecule has 2 aromatic rings. The molecule has 0 spiro atoms. The standard InChI is InChI=1S/C19H17N3O3/c23-17(13-7-3-1-4-8-13)21-12-11-15-16(21)18(24)22(19(25)20-15)14-9-5-2-6-10-14/h1-10,15-16H,11-12H2,(H,20,25)/t15-,16-/m0/s1. The number of benzene rings is 2. The van der Waals surface area contributed by atoms with Crippen LogP contribution in [0.4, 0.5) is 10.5 Å². The smallest absolute Gasteiger partial charge is 0.329 e. The van der Waals surface area contributed by atoms with E-state index in [0.717, 1.165) is 4.90 Å². The van der Waals surface area contributed by atoms with Gasteiger partial charge in [-0.2, -0.15) is 0 Å². The third-order valence-electron chi connectivity index (χ3n) is 4.68. The van der Waals surface area contributed by atoms with Crippen LogP contribution in [0.25, 0.3) is 0 Å². The number of para-hydroxylation sites is 1. The molecule has 0 saturated carbocycles. The second-order valence-electron chi connectivity index (χ2n) is 6.16. The highest BCUT2D eigenvalue weighted by atomic mass is 16.2. The molecular weight excluding hydrogens is 318 g/mol. The van der Waals surface area contributed by atoms with Crippen LogP contribution in [0.2, 0.25) is 0 Å². The summed E-state index contributed by atoms with van der Waals surface area (Å²) in [6, 6.07) is 16.2. The van der Waals surface area contributed by atoms with Gasteiger partial charge in [0.15, 0.2) is 0 Å². The van der Waals surface area contributed by atoms with Crippen LogP contribution in [-0.4, -0.2) is 41.4 Å². The molecule has 0 bridgehead atoms. The van der Waals surface area contributed by atoms with Gasteiger partial charge in [0.05, 0.1) is 11.7 Å². The lowest BCUT2D eigenvalue weighted by atomic mass is 10.0. The predicted molar refractivity (Wildman–Crippen MR) is 92.1 cm³/mol. The van der Waals surface area contributed by atoms with Crippen molar-refractivity contribution in [2.45, 2.75) is 18.5 Å². The van der Waals surface area contributed by atoms with E-state index in [-0.39, 0.29) is 17.9 Å². The van der Waals surface area contributed by atoms with Crippen LogP contribution in [0.15, 0.2) is 60.7 Å². The molecule has 4 rings (SSSR count). The number of fused-ring (bicyclic) bond motifs is 1. The van der Waals surface area contributed by atoms with Crippen molar-refractivity contribution in [3.63, 3.8) is 0 Å². The van der Waals surface area contributed by atoms with Gasteiger partial charge in [0, 0.05) is 12.1 Å². The van der Waals surface area contributed by atoms with E-state index >= 15 is 0 Å². The highest BCUT2D eigenvalue weighted by molar-refractivity contribution is 6.19. The third kappa shape index (κ3) is 2.55. The largest absolute Gasteiger partial charge is 0.332 e. The number of amides is 4. The van der Waals surface area contributed by atoms with E-state index in [1.54, 1.807) is 53.4 Å². The second-order valence-corrected chi connectivity index (χ2v) is 6.16. The molecule has 6 heteroatoms. The summed E-state index contributed by atoms with van der Waals surface area (Å²) < 4.78 is 0. The second kappa shape index (κ2) is 6.05. The number of nitrogens with zero attached hydrogens (tertiary/aromatic N) is 2. The molecule has 1 N–H and O–H groups in total. The first-order valence-electron chi connectivity index (χ1n) is 8.22. The first-order valence-corrected chi connectivity index (χ1v) is 8.22. The Morgan fingerprint density at radius 2 is 1.60 bits per heavy atom. The highest BCUT2D eigenvalue weighted by Crippen LogP contribution is 2.28. The van der Waals surface area contributed by atoms with E-state index in [1.807, 2.05) is 12.1 Å². The molecule has 4 amide bonds. The minimum atomic E-state index is -0.675. The van der Waals surface area contributed by atoms with Crippen molar-refractivity contribution >= 4 is 23.5 Å². The summed E-state index contributed by atoms with van der Waals surface area (Å²) in [4.78, 5) is 40.9. The van der Waals surface area contributed by atoms with Crippen molar-refractivity contribution in [2.24, 2.45) is 0 Å². The van der Waals surface area contributed by atoms with Gasteiger partial charge in [-0.05, 0) is 30.7 Å². The fourth-order valence-corrected chi connectivity index (χ4v) is 3.50. The summed E-state index contributed by atoms with van der Waals surface area (Å²) >= 11 is 0. The summed E-state index contributed by atoms with van der Waals surface area (Å²) in [7, 11) is 0. The maximum atomic E-state index is 13.0. The molecule has 6 nitrogen and oxygen atoms in total. The topological polar surface area (TPSA) is 69.7 Å². The number of anilines is 1. The molecule has 2 heterocycles. The van der Waals surface area contributed by atoms with Crippen molar-refractivity contribution in [3.8, 4) is 0 Å². The number of urea groups is 1.